The molecule has 4 aromatic rings. The van der Waals surface area contributed by atoms with Crippen molar-refractivity contribution >= 4 is 11.2 Å². The largest absolute Gasteiger partial charge is 0.301 e. The van der Waals surface area contributed by atoms with Crippen LogP contribution < -0.4 is 5.56 Å². The first-order valence-corrected chi connectivity index (χ1v) is 11.0. The van der Waals surface area contributed by atoms with Crippen LogP contribution in [0.3, 0.4) is 0 Å². The van der Waals surface area contributed by atoms with Crippen LogP contribution in [-0.2, 0) is 0 Å². The van der Waals surface area contributed by atoms with E-state index in [1.54, 1.807) is 10.5 Å². The molecule has 5 rings (SSSR count). The highest BCUT2D eigenvalue weighted by Crippen LogP contribution is 2.29. The van der Waals surface area contributed by atoms with E-state index in [0.717, 1.165) is 42.8 Å². The van der Waals surface area contributed by atoms with Crippen molar-refractivity contribution in [3.63, 3.8) is 0 Å². The number of pyridine rings is 1. The Morgan fingerprint density at radius 1 is 1.00 bits per heavy atom. The van der Waals surface area contributed by atoms with Crippen LogP contribution in [0.5, 0.6) is 0 Å². The zero-order chi connectivity index (χ0) is 21.7. The van der Waals surface area contributed by atoms with Gasteiger partial charge < -0.3 is 4.90 Å². The maximum absolute atomic E-state index is 13.0. The van der Waals surface area contributed by atoms with Crippen molar-refractivity contribution < 1.29 is 0 Å². The second kappa shape index (κ2) is 7.57. The van der Waals surface area contributed by atoms with Gasteiger partial charge in [0.15, 0.2) is 0 Å². The van der Waals surface area contributed by atoms with E-state index < -0.39 is 0 Å². The van der Waals surface area contributed by atoms with Crippen molar-refractivity contribution in [3.8, 4) is 11.4 Å². The third-order valence-corrected chi connectivity index (χ3v) is 6.44. The lowest BCUT2D eigenvalue weighted by atomic mass is 9.90. The van der Waals surface area contributed by atoms with Gasteiger partial charge >= 0.3 is 0 Å². The van der Waals surface area contributed by atoms with Crippen molar-refractivity contribution in [2.45, 2.75) is 52.5 Å². The molecule has 5 heterocycles. The highest BCUT2D eigenvalue weighted by molar-refractivity contribution is 5.66. The van der Waals surface area contributed by atoms with Crippen molar-refractivity contribution in [1.82, 2.24) is 28.9 Å². The number of aryl methyl sites for hydroxylation is 2. The SMILES string of the molecule is Cc1cn2nc(-c3cc(=O)n4cc(C5CCN(C(C)C)CC5)ccc4n3)cc2c(C)n1. The van der Waals surface area contributed by atoms with E-state index in [1.807, 2.05) is 42.9 Å². The minimum Gasteiger partial charge on any atom is -0.301 e. The molecule has 0 spiro atoms. The van der Waals surface area contributed by atoms with E-state index in [2.05, 4.69) is 34.9 Å². The molecule has 0 amide bonds. The Hall–Kier alpha value is -3.06. The minimum absolute atomic E-state index is 0.0791. The molecule has 0 radical (unpaired) electrons. The molecule has 0 bridgehead atoms. The Balaban J connectivity index is 1.49. The summed E-state index contributed by atoms with van der Waals surface area (Å²) in [6, 6.07) is 8.20. The third-order valence-electron chi connectivity index (χ3n) is 6.44. The number of hydrogen-bond donors (Lipinski definition) is 0. The molecule has 7 heteroatoms. The molecule has 31 heavy (non-hydrogen) atoms. The molecular formula is C24H28N6O. The van der Waals surface area contributed by atoms with E-state index >= 15 is 0 Å². The molecule has 1 aliphatic heterocycles. The molecule has 0 unspecified atom stereocenters. The van der Waals surface area contributed by atoms with Crippen LogP contribution in [0, 0.1) is 13.8 Å². The van der Waals surface area contributed by atoms with Gasteiger partial charge in [0, 0.05) is 18.3 Å². The molecular weight excluding hydrogens is 388 g/mol. The fraction of sp³-hybridized carbons (Fsp3) is 0.417. The second-order valence-electron chi connectivity index (χ2n) is 8.90. The van der Waals surface area contributed by atoms with Crippen LogP contribution in [0.15, 0.2) is 41.5 Å². The molecule has 160 valence electrons. The maximum Gasteiger partial charge on any atom is 0.258 e. The molecule has 1 fully saturated rings. The molecule has 0 N–H and O–H groups in total. The molecule has 4 aromatic heterocycles. The van der Waals surface area contributed by atoms with Crippen molar-refractivity contribution in [2.75, 3.05) is 13.1 Å². The summed E-state index contributed by atoms with van der Waals surface area (Å²) in [5, 5.41) is 4.63. The normalized spacial score (nSPS) is 16.0. The Kier molecular flexibility index (Phi) is 4.85. The van der Waals surface area contributed by atoms with Gasteiger partial charge in [0.1, 0.15) is 11.3 Å². The standard InChI is InChI=1S/C24H28N6O/c1-15(2)28-9-7-18(8-10-28)19-5-6-23-26-20(12-24(31)29(23)14-19)21-11-22-17(4)25-16(3)13-30(22)27-21/h5-6,11-15,18H,7-10H2,1-4H3. The topological polar surface area (TPSA) is 67.8 Å². The van der Waals surface area contributed by atoms with E-state index in [1.165, 1.54) is 5.56 Å². The quantitative estimate of drug-likeness (QED) is 0.510. The number of piperidine rings is 1. The first-order chi connectivity index (χ1) is 14.9. The number of likely N-dealkylation sites (tertiary alicyclic amines) is 1. The van der Waals surface area contributed by atoms with Crippen LogP contribution in [0.4, 0.5) is 0 Å². The summed E-state index contributed by atoms with van der Waals surface area (Å²) in [6.45, 7) is 10.6. The molecule has 0 aliphatic carbocycles. The number of fused-ring (bicyclic) bond motifs is 2. The maximum atomic E-state index is 13.0. The summed E-state index contributed by atoms with van der Waals surface area (Å²) in [5.74, 6) is 0.489. The summed E-state index contributed by atoms with van der Waals surface area (Å²) >= 11 is 0. The van der Waals surface area contributed by atoms with Crippen molar-refractivity contribution in [2.24, 2.45) is 0 Å². The molecule has 0 atom stereocenters. The summed E-state index contributed by atoms with van der Waals surface area (Å²) in [6.07, 6.45) is 6.11. The Morgan fingerprint density at radius 2 is 1.77 bits per heavy atom. The molecule has 0 aromatic carbocycles. The summed E-state index contributed by atoms with van der Waals surface area (Å²) in [7, 11) is 0. The van der Waals surface area contributed by atoms with Gasteiger partial charge in [-0.25, -0.2) is 9.50 Å². The molecule has 1 saturated heterocycles. The lowest BCUT2D eigenvalue weighted by molar-refractivity contribution is 0.172. The average Bonchev–Trinajstić information content (AvgIpc) is 3.18. The van der Waals surface area contributed by atoms with Gasteiger partial charge in [0.05, 0.1) is 28.8 Å². The number of aromatic nitrogens is 5. The summed E-state index contributed by atoms with van der Waals surface area (Å²) < 4.78 is 3.48. The Labute approximate surface area is 181 Å². The second-order valence-corrected chi connectivity index (χ2v) is 8.90. The average molecular weight is 417 g/mol. The fourth-order valence-corrected chi connectivity index (χ4v) is 4.66. The minimum atomic E-state index is -0.0791. The molecule has 7 nitrogen and oxygen atoms in total. The highest BCUT2D eigenvalue weighted by atomic mass is 16.1. The van der Waals surface area contributed by atoms with E-state index in [4.69, 9.17) is 4.98 Å². The summed E-state index contributed by atoms with van der Waals surface area (Å²) in [5.41, 5.74) is 5.79. The van der Waals surface area contributed by atoms with Gasteiger partial charge in [-0.05, 0) is 77.2 Å². The van der Waals surface area contributed by atoms with E-state index in [9.17, 15) is 4.79 Å². The fourth-order valence-electron chi connectivity index (χ4n) is 4.66. The van der Waals surface area contributed by atoms with Gasteiger partial charge in [0.2, 0.25) is 0 Å². The van der Waals surface area contributed by atoms with E-state index in [-0.39, 0.29) is 5.56 Å². The monoisotopic (exact) mass is 416 g/mol. The first-order valence-electron chi connectivity index (χ1n) is 11.0. The van der Waals surface area contributed by atoms with Gasteiger partial charge in [-0.15, -0.1) is 0 Å². The smallest absolute Gasteiger partial charge is 0.258 e. The van der Waals surface area contributed by atoms with Crippen LogP contribution in [0.25, 0.3) is 22.6 Å². The van der Waals surface area contributed by atoms with Crippen LogP contribution in [0.2, 0.25) is 0 Å². The Bertz CT molecular complexity index is 1330. The van der Waals surface area contributed by atoms with Gasteiger partial charge in [-0.3, -0.25) is 14.2 Å². The first kappa shape index (κ1) is 19.9. The third kappa shape index (κ3) is 3.63. The van der Waals surface area contributed by atoms with E-state index in [0.29, 0.717) is 29.0 Å². The number of rotatable bonds is 3. The zero-order valence-electron chi connectivity index (χ0n) is 18.5. The van der Waals surface area contributed by atoms with Crippen molar-refractivity contribution in [1.29, 1.82) is 0 Å². The van der Waals surface area contributed by atoms with Gasteiger partial charge in [-0.1, -0.05) is 6.07 Å². The predicted octanol–water partition coefficient (Wildman–Crippen LogP) is 3.61. The predicted molar refractivity (Wildman–Crippen MR) is 122 cm³/mol. The van der Waals surface area contributed by atoms with Crippen molar-refractivity contribution in [3.05, 3.63) is 64.0 Å². The molecule has 0 saturated carbocycles. The zero-order valence-corrected chi connectivity index (χ0v) is 18.5. The van der Waals surface area contributed by atoms with Gasteiger partial charge in [0.25, 0.3) is 5.56 Å². The lowest BCUT2D eigenvalue weighted by Gasteiger charge is -2.34. The van der Waals surface area contributed by atoms with Crippen LogP contribution >= 0.6 is 0 Å². The summed E-state index contributed by atoms with van der Waals surface area (Å²) in [4.78, 5) is 24.7. The highest BCUT2D eigenvalue weighted by Gasteiger charge is 2.22. The molecule has 1 aliphatic rings. The van der Waals surface area contributed by atoms with Crippen LogP contribution in [-0.4, -0.2) is 48.0 Å². The Morgan fingerprint density at radius 3 is 2.52 bits per heavy atom. The lowest BCUT2D eigenvalue weighted by Crippen LogP contribution is -2.37. The number of hydrogen-bond acceptors (Lipinski definition) is 5. The van der Waals surface area contributed by atoms with Gasteiger partial charge in [-0.2, -0.15) is 5.10 Å². The number of nitrogens with zero attached hydrogens (tertiary/aromatic N) is 6. The van der Waals surface area contributed by atoms with Crippen LogP contribution in [0.1, 0.15) is 49.6 Å².